The van der Waals surface area contributed by atoms with Gasteiger partial charge in [0.1, 0.15) is 6.20 Å². The number of hydrogen-bond donors (Lipinski definition) is 1. The number of aromatic nitrogens is 1. The molecule has 0 bridgehead atoms. The molecule has 0 aliphatic heterocycles. The second-order valence-electron chi connectivity index (χ2n) is 8.00. The number of pyridine rings is 1. The number of fused-ring (bicyclic) bond motifs is 1. The van der Waals surface area contributed by atoms with Crippen molar-refractivity contribution in [3.05, 3.63) is 58.6 Å². The van der Waals surface area contributed by atoms with E-state index in [-0.39, 0.29) is 18.0 Å². The molecule has 3 rings (SSSR count). The molecule has 7 nitrogen and oxygen atoms in total. The average Bonchev–Trinajstić information content (AvgIpc) is 3.26. The lowest BCUT2D eigenvalue weighted by Gasteiger charge is -2.18. The quantitative estimate of drug-likeness (QED) is 0.556. The Labute approximate surface area is 190 Å². The Bertz CT molecular complexity index is 1120. The van der Waals surface area contributed by atoms with Crippen LogP contribution in [-0.2, 0) is 34.1 Å². The Hall–Kier alpha value is -2.76. The number of benzene rings is 1. The van der Waals surface area contributed by atoms with Gasteiger partial charge in [0.15, 0.2) is 0 Å². The van der Waals surface area contributed by atoms with Crippen molar-refractivity contribution in [2.24, 2.45) is 0 Å². The lowest BCUT2D eigenvalue weighted by Crippen LogP contribution is -2.35. The van der Waals surface area contributed by atoms with E-state index < -0.39 is 15.9 Å². The van der Waals surface area contributed by atoms with Gasteiger partial charge in [-0.15, -0.1) is 4.98 Å². The molecule has 170 valence electrons. The summed E-state index contributed by atoms with van der Waals surface area (Å²) < 4.78 is 27.2. The molecule has 1 amide bonds. The third kappa shape index (κ3) is 5.93. The van der Waals surface area contributed by atoms with E-state index in [1.54, 1.807) is 12.3 Å². The van der Waals surface area contributed by atoms with E-state index in [4.69, 9.17) is 6.57 Å². The maximum atomic E-state index is 12.8. The van der Waals surface area contributed by atoms with Crippen LogP contribution >= 0.6 is 0 Å². The number of amides is 1. The minimum atomic E-state index is -3.69. The van der Waals surface area contributed by atoms with Gasteiger partial charge in [0.05, 0.1) is 12.2 Å². The molecule has 0 saturated carbocycles. The lowest BCUT2D eigenvalue weighted by atomic mass is 9.91. The van der Waals surface area contributed by atoms with Crippen molar-refractivity contribution < 1.29 is 13.2 Å². The number of sulfonamides is 1. The van der Waals surface area contributed by atoms with Crippen LogP contribution in [-0.4, -0.2) is 49.6 Å². The first-order chi connectivity index (χ1) is 15.4. The third-order valence-electron chi connectivity index (χ3n) is 5.96. The number of nitrogens with one attached hydrogen (secondary N) is 1. The fourth-order valence-electron chi connectivity index (χ4n) is 4.30. The second-order valence-corrected chi connectivity index (χ2v) is 9.84. The van der Waals surface area contributed by atoms with Crippen LogP contribution in [0, 0.1) is 6.57 Å². The van der Waals surface area contributed by atoms with Crippen LogP contribution in [0.2, 0.25) is 0 Å². The summed E-state index contributed by atoms with van der Waals surface area (Å²) in [4.78, 5) is 22.4. The molecule has 0 radical (unpaired) electrons. The number of nitrogens with zero attached hydrogens (tertiary/aromatic N) is 3. The van der Waals surface area contributed by atoms with Gasteiger partial charge in [0.2, 0.25) is 15.9 Å². The van der Waals surface area contributed by atoms with Crippen molar-refractivity contribution in [2.45, 2.75) is 46.0 Å². The molecule has 1 aromatic carbocycles. The van der Waals surface area contributed by atoms with Gasteiger partial charge in [0.25, 0.3) is 5.82 Å². The highest BCUT2D eigenvalue weighted by molar-refractivity contribution is 7.90. The summed E-state index contributed by atoms with van der Waals surface area (Å²) in [5.74, 6) is -0.309. The zero-order valence-corrected chi connectivity index (χ0v) is 19.5. The van der Waals surface area contributed by atoms with Crippen LogP contribution in [0.5, 0.6) is 0 Å². The Kier molecular flexibility index (Phi) is 7.99. The lowest BCUT2D eigenvalue weighted by molar-refractivity contribution is -0.118. The van der Waals surface area contributed by atoms with E-state index in [0.717, 1.165) is 54.6 Å². The molecular weight excluding hydrogens is 424 g/mol. The van der Waals surface area contributed by atoms with Crippen molar-refractivity contribution in [1.82, 2.24) is 14.6 Å². The van der Waals surface area contributed by atoms with Crippen molar-refractivity contribution >= 4 is 21.7 Å². The first-order valence-corrected chi connectivity index (χ1v) is 12.7. The standard InChI is InChI=1S/C24H30N4O3S/c1-4-28(5-2)14-7-15-32(30,31)27-24(29)17-22-20-9-6-8-18(20)10-11-21(22)19-12-13-26-23(16-19)25-3/h10-13,16H,4-9,14-15,17H2,1-2H3,(H,27,29). The Morgan fingerprint density at radius 2 is 2.00 bits per heavy atom. The predicted molar refractivity (Wildman–Crippen MR) is 126 cm³/mol. The van der Waals surface area contributed by atoms with E-state index in [1.807, 2.05) is 26.0 Å². The van der Waals surface area contributed by atoms with E-state index in [9.17, 15) is 13.2 Å². The first kappa shape index (κ1) is 23.9. The summed E-state index contributed by atoms with van der Waals surface area (Å²) in [6.45, 7) is 13.7. The molecule has 1 N–H and O–H groups in total. The highest BCUT2D eigenvalue weighted by Gasteiger charge is 2.23. The molecule has 2 aromatic rings. The molecule has 0 saturated heterocycles. The van der Waals surface area contributed by atoms with Crippen LogP contribution in [0.4, 0.5) is 5.82 Å². The van der Waals surface area contributed by atoms with Gasteiger partial charge in [-0.2, -0.15) is 0 Å². The van der Waals surface area contributed by atoms with E-state index in [2.05, 4.69) is 25.5 Å². The van der Waals surface area contributed by atoms with Crippen molar-refractivity contribution in [3.63, 3.8) is 0 Å². The van der Waals surface area contributed by atoms with E-state index >= 15 is 0 Å². The molecule has 1 aliphatic rings. The Morgan fingerprint density at radius 1 is 1.22 bits per heavy atom. The zero-order valence-electron chi connectivity index (χ0n) is 18.7. The number of hydrogen-bond acceptors (Lipinski definition) is 5. The summed E-state index contributed by atoms with van der Waals surface area (Å²) in [5.41, 5.74) is 4.84. The topological polar surface area (TPSA) is 83.7 Å². The van der Waals surface area contributed by atoms with E-state index in [0.29, 0.717) is 13.0 Å². The Balaban J connectivity index is 1.78. The molecule has 0 unspecified atom stereocenters. The minimum Gasteiger partial charge on any atom is -0.361 e. The van der Waals surface area contributed by atoms with Crippen LogP contribution < -0.4 is 4.72 Å². The highest BCUT2D eigenvalue weighted by Crippen LogP contribution is 2.34. The molecule has 1 aliphatic carbocycles. The maximum Gasteiger partial charge on any atom is 0.270 e. The number of carbonyl (C=O) groups excluding carboxylic acids is 1. The largest absolute Gasteiger partial charge is 0.361 e. The van der Waals surface area contributed by atoms with E-state index in [1.165, 1.54) is 5.56 Å². The third-order valence-corrected chi connectivity index (χ3v) is 7.33. The number of rotatable bonds is 10. The van der Waals surface area contributed by atoms with Gasteiger partial charge < -0.3 is 9.74 Å². The fraction of sp³-hybridized carbons (Fsp3) is 0.458. The summed E-state index contributed by atoms with van der Waals surface area (Å²) in [6, 6.07) is 7.56. The molecule has 8 heteroatoms. The summed E-state index contributed by atoms with van der Waals surface area (Å²) >= 11 is 0. The molecule has 0 spiro atoms. The summed E-state index contributed by atoms with van der Waals surface area (Å²) in [6.07, 6.45) is 4.89. The zero-order chi connectivity index (χ0) is 23.1. The number of carbonyl (C=O) groups is 1. The minimum absolute atomic E-state index is 0.0105. The molecule has 0 fully saturated rings. The summed E-state index contributed by atoms with van der Waals surface area (Å²) in [5, 5.41) is 0. The van der Waals surface area contributed by atoms with Crippen LogP contribution in [0.25, 0.3) is 16.0 Å². The Morgan fingerprint density at radius 3 is 2.72 bits per heavy atom. The average molecular weight is 455 g/mol. The predicted octanol–water partition coefficient (Wildman–Crippen LogP) is 3.51. The summed E-state index contributed by atoms with van der Waals surface area (Å²) in [7, 11) is -3.69. The normalized spacial score (nSPS) is 13.1. The van der Waals surface area contributed by atoms with Gasteiger partial charge in [-0.3, -0.25) is 9.52 Å². The van der Waals surface area contributed by atoms with Gasteiger partial charge in [-0.05, 0) is 85.3 Å². The second kappa shape index (κ2) is 10.7. The maximum absolute atomic E-state index is 12.8. The highest BCUT2D eigenvalue weighted by atomic mass is 32.2. The molecule has 1 heterocycles. The van der Waals surface area contributed by atoms with Crippen LogP contribution in [0.15, 0.2) is 30.5 Å². The van der Waals surface area contributed by atoms with Crippen molar-refractivity contribution in [2.75, 3.05) is 25.4 Å². The van der Waals surface area contributed by atoms with Crippen LogP contribution in [0.1, 0.15) is 43.4 Å². The number of aryl methyl sites for hydroxylation is 1. The van der Waals surface area contributed by atoms with Crippen molar-refractivity contribution in [3.8, 4) is 11.1 Å². The first-order valence-electron chi connectivity index (χ1n) is 11.1. The molecular formula is C24H30N4O3S. The smallest absolute Gasteiger partial charge is 0.270 e. The molecule has 1 aromatic heterocycles. The van der Waals surface area contributed by atoms with Crippen LogP contribution in [0.3, 0.4) is 0 Å². The van der Waals surface area contributed by atoms with Gasteiger partial charge in [0, 0.05) is 0 Å². The molecule has 0 atom stereocenters. The fourth-order valence-corrected chi connectivity index (χ4v) is 5.33. The SMILES string of the molecule is [C-]#[N+]c1cc(-c2ccc3c(c2CC(=O)NS(=O)(=O)CCCN(CC)CC)CCC3)ccn1. The monoisotopic (exact) mass is 454 g/mol. The van der Waals surface area contributed by atoms with Gasteiger partial charge in [-0.1, -0.05) is 32.6 Å². The molecule has 32 heavy (non-hydrogen) atoms. The van der Waals surface area contributed by atoms with Gasteiger partial charge in [-0.25, -0.2) is 8.42 Å². The van der Waals surface area contributed by atoms with Crippen molar-refractivity contribution in [1.29, 1.82) is 0 Å². The van der Waals surface area contributed by atoms with Gasteiger partial charge >= 0.3 is 0 Å².